The van der Waals surface area contributed by atoms with E-state index in [1.165, 1.54) is 12.5 Å². The van der Waals surface area contributed by atoms with E-state index in [2.05, 4.69) is 4.90 Å². The third-order valence-electron chi connectivity index (χ3n) is 3.84. The SMILES string of the molecule is C[C@@H](O)c1ccc(N(CCCO)C2CCC2)c(F)c1. The van der Waals surface area contributed by atoms with Crippen molar-refractivity contribution < 1.29 is 14.6 Å². The summed E-state index contributed by atoms with van der Waals surface area (Å²) in [7, 11) is 0. The van der Waals surface area contributed by atoms with Gasteiger partial charge in [0.05, 0.1) is 11.8 Å². The first-order chi connectivity index (χ1) is 9.13. The highest BCUT2D eigenvalue weighted by Crippen LogP contribution is 2.32. The van der Waals surface area contributed by atoms with Crippen molar-refractivity contribution in [3.8, 4) is 0 Å². The van der Waals surface area contributed by atoms with Crippen molar-refractivity contribution in [1.82, 2.24) is 0 Å². The molecule has 0 heterocycles. The van der Waals surface area contributed by atoms with Crippen LogP contribution in [-0.4, -0.2) is 29.4 Å². The van der Waals surface area contributed by atoms with Gasteiger partial charge >= 0.3 is 0 Å². The van der Waals surface area contributed by atoms with Crippen molar-refractivity contribution in [2.75, 3.05) is 18.1 Å². The minimum atomic E-state index is -0.654. The van der Waals surface area contributed by atoms with Crippen molar-refractivity contribution in [1.29, 1.82) is 0 Å². The number of anilines is 1. The number of hydrogen-bond donors (Lipinski definition) is 2. The first-order valence-corrected chi connectivity index (χ1v) is 6.98. The highest BCUT2D eigenvalue weighted by molar-refractivity contribution is 5.50. The van der Waals surface area contributed by atoms with Crippen LogP contribution in [0.2, 0.25) is 0 Å². The normalized spacial score (nSPS) is 17.1. The zero-order valence-corrected chi connectivity index (χ0v) is 11.3. The summed E-state index contributed by atoms with van der Waals surface area (Å²) in [5, 5.41) is 18.4. The maximum absolute atomic E-state index is 14.2. The van der Waals surface area contributed by atoms with Crippen LogP contribution in [-0.2, 0) is 0 Å². The van der Waals surface area contributed by atoms with Gasteiger partial charge in [-0.25, -0.2) is 4.39 Å². The average molecular weight is 267 g/mol. The van der Waals surface area contributed by atoms with E-state index >= 15 is 0 Å². The molecule has 1 aliphatic carbocycles. The first-order valence-electron chi connectivity index (χ1n) is 6.98. The molecular formula is C15H22FNO2. The molecule has 1 atom stereocenters. The van der Waals surface area contributed by atoms with E-state index < -0.39 is 6.10 Å². The monoisotopic (exact) mass is 267 g/mol. The Morgan fingerprint density at radius 3 is 2.63 bits per heavy atom. The van der Waals surface area contributed by atoms with Gasteiger partial charge in [0.2, 0.25) is 0 Å². The van der Waals surface area contributed by atoms with Gasteiger partial charge in [-0.1, -0.05) is 6.07 Å². The predicted molar refractivity (Wildman–Crippen MR) is 73.7 cm³/mol. The molecule has 0 amide bonds. The number of hydrogen-bond acceptors (Lipinski definition) is 3. The van der Waals surface area contributed by atoms with Crippen LogP contribution in [0.4, 0.5) is 10.1 Å². The quantitative estimate of drug-likeness (QED) is 0.832. The molecule has 106 valence electrons. The zero-order valence-electron chi connectivity index (χ0n) is 11.3. The van der Waals surface area contributed by atoms with Gasteiger partial charge in [0, 0.05) is 19.2 Å². The Hall–Kier alpha value is -1.13. The fraction of sp³-hybridized carbons (Fsp3) is 0.600. The Morgan fingerprint density at radius 2 is 2.16 bits per heavy atom. The number of rotatable bonds is 6. The first kappa shape index (κ1) is 14.3. The topological polar surface area (TPSA) is 43.7 Å². The fourth-order valence-electron chi connectivity index (χ4n) is 2.46. The van der Waals surface area contributed by atoms with Crippen LogP contribution in [0.15, 0.2) is 18.2 Å². The van der Waals surface area contributed by atoms with Gasteiger partial charge in [0.25, 0.3) is 0 Å². The maximum atomic E-state index is 14.2. The molecule has 0 aliphatic heterocycles. The van der Waals surface area contributed by atoms with E-state index in [-0.39, 0.29) is 12.4 Å². The summed E-state index contributed by atoms with van der Waals surface area (Å²) >= 11 is 0. The highest BCUT2D eigenvalue weighted by Gasteiger charge is 2.26. The van der Waals surface area contributed by atoms with Gasteiger partial charge in [-0.3, -0.25) is 0 Å². The van der Waals surface area contributed by atoms with Gasteiger partial charge in [0.1, 0.15) is 5.82 Å². The second kappa shape index (κ2) is 6.35. The Kier molecular flexibility index (Phi) is 4.77. The molecule has 1 fully saturated rings. The van der Waals surface area contributed by atoms with Crippen LogP contribution in [0.25, 0.3) is 0 Å². The second-order valence-corrected chi connectivity index (χ2v) is 5.24. The van der Waals surface area contributed by atoms with Crippen molar-refractivity contribution in [2.24, 2.45) is 0 Å². The molecule has 4 heteroatoms. The average Bonchev–Trinajstić information content (AvgIpc) is 2.32. The summed E-state index contributed by atoms with van der Waals surface area (Å²) in [6.45, 7) is 2.42. The lowest BCUT2D eigenvalue weighted by atomic mass is 9.90. The molecule has 2 rings (SSSR count). The zero-order chi connectivity index (χ0) is 13.8. The Morgan fingerprint density at radius 1 is 1.42 bits per heavy atom. The summed E-state index contributed by atoms with van der Waals surface area (Å²) in [6.07, 6.45) is 3.35. The van der Waals surface area contributed by atoms with Crippen LogP contribution in [0.1, 0.15) is 44.3 Å². The van der Waals surface area contributed by atoms with E-state index in [9.17, 15) is 9.50 Å². The number of halogens is 1. The Labute approximate surface area is 113 Å². The summed E-state index contributed by atoms with van der Waals surface area (Å²) in [6, 6.07) is 5.31. The third kappa shape index (κ3) is 3.25. The molecule has 0 unspecified atom stereocenters. The molecule has 0 saturated heterocycles. The molecule has 19 heavy (non-hydrogen) atoms. The number of aliphatic hydroxyl groups excluding tert-OH is 2. The summed E-state index contributed by atoms with van der Waals surface area (Å²) in [5.74, 6) is -0.289. The lowest BCUT2D eigenvalue weighted by Gasteiger charge is -2.39. The Bertz CT molecular complexity index is 419. The fourth-order valence-corrected chi connectivity index (χ4v) is 2.46. The Balaban J connectivity index is 2.20. The molecule has 0 bridgehead atoms. The molecule has 1 aromatic rings. The molecular weight excluding hydrogens is 245 g/mol. The van der Waals surface area contributed by atoms with Crippen LogP contribution in [0, 0.1) is 5.82 Å². The lowest BCUT2D eigenvalue weighted by molar-refractivity contribution is 0.199. The van der Waals surface area contributed by atoms with E-state index in [4.69, 9.17) is 5.11 Å². The van der Waals surface area contributed by atoms with E-state index in [0.29, 0.717) is 30.3 Å². The smallest absolute Gasteiger partial charge is 0.146 e. The van der Waals surface area contributed by atoms with Gasteiger partial charge in [-0.05, 0) is 50.3 Å². The summed E-state index contributed by atoms with van der Waals surface area (Å²) in [4.78, 5) is 2.06. The van der Waals surface area contributed by atoms with Gasteiger partial charge in [-0.2, -0.15) is 0 Å². The lowest BCUT2D eigenvalue weighted by Crippen LogP contribution is -2.41. The van der Waals surface area contributed by atoms with Gasteiger partial charge < -0.3 is 15.1 Å². The van der Waals surface area contributed by atoms with E-state index in [0.717, 1.165) is 12.8 Å². The highest BCUT2D eigenvalue weighted by atomic mass is 19.1. The second-order valence-electron chi connectivity index (χ2n) is 5.24. The van der Waals surface area contributed by atoms with Crippen molar-refractivity contribution in [3.05, 3.63) is 29.6 Å². The minimum Gasteiger partial charge on any atom is -0.396 e. The van der Waals surface area contributed by atoms with Crippen LogP contribution >= 0.6 is 0 Å². The van der Waals surface area contributed by atoms with E-state index in [1.807, 2.05) is 0 Å². The standard InChI is InChI=1S/C15H22FNO2/c1-11(19)12-6-7-15(14(16)10-12)17(8-3-9-18)13-4-2-5-13/h6-7,10-11,13,18-19H,2-5,8-9H2,1H3/t11-/m1/s1. The van der Waals surface area contributed by atoms with Crippen LogP contribution in [0.5, 0.6) is 0 Å². The number of nitrogens with zero attached hydrogens (tertiary/aromatic N) is 1. The molecule has 1 aliphatic rings. The predicted octanol–water partition coefficient (Wildman–Crippen LogP) is 2.62. The third-order valence-corrected chi connectivity index (χ3v) is 3.84. The van der Waals surface area contributed by atoms with Crippen molar-refractivity contribution >= 4 is 5.69 Å². The number of aliphatic hydroxyl groups is 2. The largest absolute Gasteiger partial charge is 0.396 e. The van der Waals surface area contributed by atoms with Crippen molar-refractivity contribution in [3.63, 3.8) is 0 Å². The molecule has 0 radical (unpaired) electrons. The molecule has 3 nitrogen and oxygen atoms in total. The van der Waals surface area contributed by atoms with Crippen LogP contribution in [0.3, 0.4) is 0 Å². The number of benzene rings is 1. The van der Waals surface area contributed by atoms with Gasteiger partial charge in [-0.15, -0.1) is 0 Å². The van der Waals surface area contributed by atoms with Crippen LogP contribution < -0.4 is 4.90 Å². The molecule has 1 saturated carbocycles. The maximum Gasteiger partial charge on any atom is 0.146 e. The van der Waals surface area contributed by atoms with Gasteiger partial charge in [0.15, 0.2) is 0 Å². The van der Waals surface area contributed by atoms with Crippen molar-refractivity contribution in [2.45, 2.75) is 44.8 Å². The van der Waals surface area contributed by atoms with E-state index in [1.54, 1.807) is 19.1 Å². The summed E-state index contributed by atoms with van der Waals surface area (Å²) in [5.41, 5.74) is 1.18. The molecule has 0 aromatic heterocycles. The summed E-state index contributed by atoms with van der Waals surface area (Å²) < 4.78 is 14.2. The molecule has 0 spiro atoms. The minimum absolute atomic E-state index is 0.122. The molecule has 2 N–H and O–H groups in total. The molecule has 1 aromatic carbocycles.